The third-order valence-corrected chi connectivity index (χ3v) is 3.14. The van der Waals surface area contributed by atoms with Crippen LogP contribution in [0.1, 0.15) is 15.9 Å². The van der Waals surface area contributed by atoms with Crippen LogP contribution in [-0.4, -0.2) is 23.3 Å². The Hall–Kier alpha value is -2.21. The predicted molar refractivity (Wildman–Crippen MR) is 74.3 cm³/mol. The van der Waals surface area contributed by atoms with Crippen molar-refractivity contribution < 1.29 is 9.59 Å². The van der Waals surface area contributed by atoms with E-state index >= 15 is 0 Å². The average molecular weight is 275 g/mol. The Labute approximate surface area is 114 Å². The molecule has 0 bridgehead atoms. The van der Waals surface area contributed by atoms with Gasteiger partial charge in [-0.25, -0.2) is 4.98 Å². The van der Waals surface area contributed by atoms with Gasteiger partial charge in [0.2, 0.25) is 5.91 Å². The molecular weight excluding hydrogens is 262 g/mol. The molecule has 0 aliphatic rings. The minimum absolute atomic E-state index is 0.0787. The molecule has 98 valence electrons. The number of pyridine rings is 1. The van der Waals surface area contributed by atoms with E-state index in [4.69, 9.17) is 0 Å². The number of hydrogen-bond acceptors (Lipinski definition) is 4. The number of nitrogens with zero attached hydrogens (tertiary/aromatic N) is 1. The average Bonchev–Trinajstić information content (AvgIpc) is 2.93. The largest absolute Gasteiger partial charge is 0.343 e. The summed E-state index contributed by atoms with van der Waals surface area (Å²) in [7, 11) is 0. The molecular formula is C13H13N3O2S. The quantitative estimate of drug-likeness (QED) is 0.894. The van der Waals surface area contributed by atoms with E-state index in [0.717, 1.165) is 5.56 Å². The van der Waals surface area contributed by atoms with Gasteiger partial charge < -0.3 is 10.6 Å². The number of amides is 2. The first-order valence-electron chi connectivity index (χ1n) is 5.68. The van der Waals surface area contributed by atoms with Crippen molar-refractivity contribution in [3.8, 4) is 0 Å². The van der Waals surface area contributed by atoms with Gasteiger partial charge in [-0.3, -0.25) is 9.59 Å². The van der Waals surface area contributed by atoms with Crippen molar-refractivity contribution in [3.63, 3.8) is 0 Å². The smallest absolute Gasteiger partial charge is 0.252 e. The first-order chi connectivity index (χ1) is 9.16. The molecule has 0 fully saturated rings. The SMILES string of the molecule is Cc1cccnc1NC(=O)CNC(=O)c1ccsc1. The molecule has 2 N–H and O–H groups in total. The number of hydrogen-bond donors (Lipinski definition) is 2. The van der Waals surface area contributed by atoms with E-state index in [2.05, 4.69) is 15.6 Å². The first-order valence-corrected chi connectivity index (χ1v) is 6.63. The van der Waals surface area contributed by atoms with E-state index in [1.54, 1.807) is 23.7 Å². The molecule has 19 heavy (non-hydrogen) atoms. The lowest BCUT2D eigenvalue weighted by molar-refractivity contribution is -0.115. The fraction of sp³-hybridized carbons (Fsp3) is 0.154. The topological polar surface area (TPSA) is 71.1 Å². The maximum atomic E-state index is 11.7. The standard InChI is InChI=1S/C13H13N3O2S/c1-9-3-2-5-14-12(9)16-11(17)7-15-13(18)10-4-6-19-8-10/h2-6,8H,7H2,1H3,(H,15,18)(H,14,16,17). The van der Waals surface area contributed by atoms with Crippen molar-refractivity contribution in [2.24, 2.45) is 0 Å². The van der Waals surface area contributed by atoms with Crippen LogP contribution in [-0.2, 0) is 4.79 Å². The monoisotopic (exact) mass is 275 g/mol. The van der Waals surface area contributed by atoms with Gasteiger partial charge in [0, 0.05) is 17.1 Å². The number of carbonyl (C=O) groups is 2. The van der Waals surface area contributed by atoms with Crippen LogP contribution in [0.4, 0.5) is 5.82 Å². The van der Waals surface area contributed by atoms with E-state index < -0.39 is 0 Å². The fourth-order valence-electron chi connectivity index (χ4n) is 1.45. The van der Waals surface area contributed by atoms with Crippen LogP contribution in [0.25, 0.3) is 0 Å². The highest BCUT2D eigenvalue weighted by Gasteiger charge is 2.09. The Balaban J connectivity index is 1.86. The van der Waals surface area contributed by atoms with Gasteiger partial charge in [0.15, 0.2) is 0 Å². The molecule has 2 aromatic rings. The van der Waals surface area contributed by atoms with Crippen molar-refractivity contribution in [3.05, 3.63) is 46.3 Å². The lowest BCUT2D eigenvalue weighted by Gasteiger charge is -2.07. The summed E-state index contributed by atoms with van der Waals surface area (Å²) in [6.07, 6.45) is 1.60. The maximum Gasteiger partial charge on any atom is 0.252 e. The van der Waals surface area contributed by atoms with Crippen molar-refractivity contribution in [2.75, 3.05) is 11.9 Å². The molecule has 2 rings (SSSR count). The van der Waals surface area contributed by atoms with Crippen LogP contribution in [0.3, 0.4) is 0 Å². The third kappa shape index (κ3) is 3.62. The molecule has 0 atom stereocenters. The molecule has 0 saturated heterocycles. The fourth-order valence-corrected chi connectivity index (χ4v) is 2.09. The second-order valence-corrected chi connectivity index (χ2v) is 4.69. The lowest BCUT2D eigenvalue weighted by Crippen LogP contribution is -2.32. The van der Waals surface area contributed by atoms with Crippen LogP contribution >= 0.6 is 11.3 Å². The van der Waals surface area contributed by atoms with Crippen LogP contribution in [0.2, 0.25) is 0 Å². The van der Waals surface area contributed by atoms with Gasteiger partial charge in [0.1, 0.15) is 5.82 Å². The zero-order chi connectivity index (χ0) is 13.7. The van der Waals surface area contributed by atoms with Gasteiger partial charge in [-0.2, -0.15) is 11.3 Å². The van der Waals surface area contributed by atoms with E-state index in [0.29, 0.717) is 11.4 Å². The maximum absolute atomic E-state index is 11.7. The van der Waals surface area contributed by atoms with E-state index in [1.807, 2.05) is 18.4 Å². The first kappa shape index (κ1) is 13.2. The highest BCUT2D eigenvalue weighted by atomic mass is 32.1. The number of rotatable bonds is 4. The Morgan fingerprint density at radius 1 is 1.37 bits per heavy atom. The van der Waals surface area contributed by atoms with Crippen LogP contribution in [0.15, 0.2) is 35.2 Å². The molecule has 0 unspecified atom stereocenters. The zero-order valence-corrected chi connectivity index (χ0v) is 11.2. The van der Waals surface area contributed by atoms with Gasteiger partial charge in [0.05, 0.1) is 6.54 Å². The Morgan fingerprint density at radius 3 is 2.89 bits per heavy atom. The van der Waals surface area contributed by atoms with Gasteiger partial charge in [0.25, 0.3) is 5.91 Å². The number of anilines is 1. The molecule has 5 nitrogen and oxygen atoms in total. The Kier molecular flexibility index (Phi) is 4.25. The molecule has 2 aromatic heterocycles. The van der Waals surface area contributed by atoms with E-state index in [1.165, 1.54) is 11.3 Å². The molecule has 2 amide bonds. The third-order valence-electron chi connectivity index (χ3n) is 2.46. The minimum atomic E-state index is -0.301. The van der Waals surface area contributed by atoms with Crippen molar-refractivity contribution >= 4 is 29.0 Å². The van der Waals surface area contributed by atoms with Gasteiger partial charge in [-0.1, -0.05) is 6.07 Å². The van der Waals surface area contributed by atoms with Crippen molar-refractivity contribution in [2.45, 2.75) is 6.92 Å². The Bertz CT molecular complexity index is 581. The molecule has 0 aliphatic carbocycles. The molecule has 6 heteroatoms. The summed E-state index contributed by atoms with van der Waals surface area (Å²) in [5.74, 6) is -0.0446. The summed E-state index contributed by atoms with van der Waals surface area (Å²) in [4.78, 5) is 27.4. The van der Waals surface area contributed by atoms with Gasteiger partial charge >= 0.3 is 0 Å². The second-order valence-electron chi connectivity index (χ2n) is 3.91. The highest BCUT2D eigenvalue weighted by molar-refractivity contribution is 7.08. The number of carbonyl (C=O) groups excluding carboxylic acids is 2. The summed E-state index contributed by atoms with van der Waals surface area (Å²) in [5.41, 5.74) is 1.44. The molecule has 0 saturated carbocycles. The summed E-state index contributed by atoms with van der Waals surface area (Å²) in [5, 5.41) is 8.75. The van der Waals surface area contributed by atoms with Gasteiger partial charge in [-0.05, 0) is 30.0 Å². The minimum Gasteiger partial charge on any atom is -0.343 e. The normalized spacial score (nSPS) is 9.95. The number of thiophene rings is 1. The number of nitrogens with one attached hydrogen (secondary N) is 2. The molecule has 0 radical (unpaired) electrons. The van der Waals surface area contributed by atoms with Crippen molar-refractivity contribution in [1.82, 2.24) is 10.3 Å². The number of aromatic nitrogens is 1. The molecule has 2 heterocycles. The predicted octanol–water partition coefficient (Wildman–Crippen LogP) is 1.82. The van der Waals surface area contributed by atoms with Crippen molar-refractivity contribution in [1.29, 1.82) is 0 Å². The van der Waals surface area contributed by atoms with Crippen LogP contribution < -0.4 is 10.6 Å². The molecule has 0 spiro atoms. The van der Waals surface area contributed by atoms with Crippen LogP contribution in [0, 0.1) is 6.92 Å². The molecule has 0 aliphatic heterocycles. The Morgan fingerprint density at radius 2 is 2.21 bits per heavy atom. The second kappa shape index (κ2) is 6.10. The highest BCUT2D eigenvalue weighted by Crippen LogP contribution is 2.08. The summed E-state index contributed by atoms with van der Waals surface area (Å²) in [6.45, 7) is 1.78. The van der Waals surface area contributed by atoms with Gasteiger partial charge in [-0.15, -0.1) is 0 Å². The van der Waals surface area contributed by atoms with E-state index in [9.17, 15) is 9.59 Å². The summed E-state index contributed by atoms with van der Waals surface area (Å²) >= 11 is 1.44. The van der Waals surface area contributed by atoms with E-state index in [-0.39, 0.29) is 18.4 Å². The summed E-state index contributed by atoms with van der Waals surface area (Å²) < 4.78 is 0. The number of aryl methyl sites for hydroxylation is 1. The molecule has 0 aromatic carbocycles. The zero-order valence-electron chi connectivity index (χ0n) is 10.3. The summed E-state index contributed by atoms with van der Waals surface area (Å²) in [6, 6.07) is 5.36. The van der Waals surface area contributed by atoms with Crippen LogP contribution in [0.5, 0.6) is 0 Å². The lowest BCUT2D eigenvalue weighted by atomic mass is 10.3.